The van der Waals surface area contributed by atoms with Crippen molar-refractivity contribution in [3.63, 3.8) is 0 Å². The molecule has 1 amide bonds. The Hall–Kier alpha value is -1.49. The lowest BCUT2D eigenvalue weighted by atomic mass is 10.0. The normalized spacial score (nSPS) is 12.8. The summed E-state index contributed by atoms with van der Waals surface area (Å²) in [6, 6.07) is 3.58. The first-order valence-corrected chi connectivity index (χ1v) is 6.63. The van der Waals surface area contributed by atoms with Crippen LogP contribution < -0.4 is 10.1 Å². The average molecular weight is 268 g/mol. The van der Waals surface area contributed by atoms with E-state index in [4.69, 9.17) is 9.15 Å². The monoisotopic (exact) mass is 268 g/mol. The summed E-state index contributed by atoms with van der Waals surface area (Å²) < 4.78 is 10.5. The van der Waals surface area contributed by atoms with Crippen LogP contribution in [0.4, 0.5) is 0 Å². The van der Waals surface area contributed by atoms with E-state index >= 15 is 0 Å². The summed E-state index contributed by atoms with van der Waals surface area (Å²) >= 11 is 0. The first kappa shape index (κ1) is 15.6. The third-order valence-electron chi connectivity index (χ3n) is 3.00. The molecule has 0 aromatic carbocycles. The topological polar surface area (TPSA) is 54.7 Å². The van der Waals surface area contributed by atoms with Crippen LogP contribution in [0.1, 0.15) is 31.3 Å². The van der Waals surface area contributed by atoms with E-state index in [2.05, 4.69) is 24.1 Å². The SMILES string of the molecule is CCOc1ccc(C(=O)NC[C@@H](C(C)C)N(C)C)o1. The van der Waals surface area contributed by atoms with Gasteiger partial charge in [-0.1, -0.05) is 13.8 Å². The van der Waals surface area contributed by atoms with Gasteiger partial charge >= 0.3 is 0 Å². The van der Waals surface area contributed by atoms with Gasteiger partial charge in [-0.05, 0) is 33.0 Å². The highest BCUT2D eigenvalue weighted by Crippen LogP contribution is 2.15. The van der Waals surface area contributed by atoms with Gasteiger partial charge in [0.15, 0.2) is 5.76 Å². The minimum Gasteiger partial charge on any atom is -0.465 e. The quantitative estimate of drug-likeness (QED) is 0.821. The minimum absolute atomic E-state index is 0.210. The second-order valence-electron chi connectivity index (χ2n) is 5.04. The predicted molar refractivity (Wildman–Crippen MR) is 74.5 cm³/mol. The summed E-state index contributed by atoms with van der Waals surface area (Å²) in [5, 5.41) is 2.89. The Morgan fingerprint density at radius 1 is 1.42 bits per heavy atom. The summed E-state index contributed by atoms with van der Waals surface area (Å²) in [4.78, 5) is 14.0. The maximum atomic E-state index is 11.9. The number of rotatable bonds is 7. The molecule has 0 unspecified atom stereocenters. The third kappa shape index (κ3) is 4.59. The molecule has 1 aromatic rings. The van der Waals surface area contributed by atoms with Crippen molar-refractivity contribution in [1.82, 2.24) is 10.2 Å². The zero-order valence-corrected chi connectivity index (χ0v) is 12.4. The summed E-state index contributed by atoms with van der Waals surface area (Å²) in [6.07, 6.45) is 0. The maximum absolute atomic E-state index is 11.9. The molecule has 1 N–H and O–H groups in total. The van der Waals surface area contributed by atoms with Crippen LogP contribution in [0.2, 0.25) is 0 Å². The highest BCUT2D eigenvalue weighted by Gasteiger charge is 2.18. The van der Waals surface area contributed by atoms with Crippen molar-refractivity contribution < 1.29 is 13.9 Å². The van der Waals surface area contributed by atoms with E-state index in [0.717, 1.165) is 0 Å². The van der Waals surface area contributed by atoms with Crippen LogP contribution in [0.3, 0.4) is 0 Å². The van der Waals surface area contributed by atoms with Crippen molar-refractivity contribution >= 4 is 5.91 Å². The van der Waals surface area contributed by atoms with Gasteiger partial charge in [-0.15, -0.1) is 0 Å². The molecule has 0 radical (unpaired) electrons. The molecule has 0 bridgehead atoms. The first-order valence-electron chi connectivity index (χ1n) is 6.63. The molecular weight excluding hydrogens is 244 g/mol. The van der Waals surface area contributed by atoms with Crippen molar-refractivity contribution in [1.29, 1.82) is 0 Å². The number of nitrogens with zero attached hydrogens (tertiary/aromatic N) is 1. The third-order valence-corrected chi connectivity index (χ3v) is 3.00. The standard InChI is InChI=1S/C14H24N2O3/c1-6-18-13-8-7-12(19-13)14(17)15-9-11(10(2)3)16(4)5/h7-8,10-11H,6,9H2,1-5H3,(H,15,17)/t11-/m0/s1. The molecule has 0 saturated carbocycles. The van der Waals surface area contributed by atoms with Crippen LogP contribution in [-0.2, 0) is 0 Å². The summed E-state index contributed by atoms with van der Waals surface area (Å²) in [6.45, 7) is 7.25. The molecule has 0 aliphatic heterocycles. The Bertz CT molecular complexity index is 391. The maximum Gasteiger partial charge on any atom is 0.287 e. The number of hydrogen-bond acceptors (Lipinski definition) is 4. The number of carbonyl (C=O) groups excluding carboxylic acids is 1. The van der Waals surface area contributed by atoms with Crippen molar-refractivity contribution in [2.75, 3.05) is 27.2 Å². The predicted octanol–water partition coefficient (Wildman–Crippen LogP) is 1.99. The largest absolute Gasteiger partial charge is 0.465 e. The van der Waals surface area contributed by atoms with Crippen molar-refractivity contribution in [2.24, 2.45) is 5.92 Å². The van der Waals surface area contributed by atoms with Gasteiger partial charge in [-0.3, -0.25) is 4.79 Å². The molecule has 0 saturated heterocycles. The molecule has 5 nitrogen and oxygen atoms in total. The lowest BCUT2D eigenvalue weighted by molar-refractivity contribution is 0.0898. The molecule has 0 fully saturated rings. The summed E-state index contributed by atoms with van der Waals surface area (Å²) in [5.41, 5.74) is 0. The van der Waals surface area contributed by atoms with Gasteiger partial charge in [-0.25, -0.2) is 0 Å². The number of carbonyl (C=O) groups is 1. The van der Waals surface area contributed by atoms with Gasteiger partial charge < -0.3 is 19.4 Å². The summed E-state index contributed by atoms with van der Waals surface area (Å²) in [5.74, 6) is 0.912. The Kier molecular flexibility index (Phi) is 5.89. The van der Waals surface area contributed by atoms with Crippen molar-refractivity contribution in [3.05, 3.63) is 17.9 Å². The molecule has 1 atom stereocenters. The molecule has 1 rings (SSSR count). The zero-order chi connectivity index (χ0) is 14.4. The highest BCUT2D eigenvalue weighted by molar-refractivity contribution is 5.91. The molecule has 0 spiro atoms. The highest BCUT2D eigenvalue weighted by atomic mass is 16.6. The molecule has 1 aromatic heterocycles. The fourth-order valence-electron chi connectivity index (χ4n) is 1.96. The number of furan rings is 1. The number of ether oxygens (including phenoxy) is 1. The van der Waals surface area contributed by atoms with E-state index in [1.54, 1.807) is 12.1 Å². The smallest absolute Gasteiger partial charge is 0.287 e. The van der Waals surface area contributed by atoms with Gasteiger partial charge in [0.25, 0.3) is 11.9 Å². The first-order chi connectivity index (χ1) is 8.95. The average Bonchev–Trinajstić information content (AvgIpc) is 2.77. The number of nitrogens with one attached hydrogen (secondary N) is 1. The molecule has 5 heteroatoms. The number of hydrogen-bond donors (Lipinski definition) is 1. The Morgan fingerprint density at radius 2 is 2.11 bits per heavy atom. The van der Waals surface area contributed by atoms with E-state index in [0.29, 0.717) is 31.1 Å². The van der Waals surface area contributed by atoms with Gasteiger partial charge in [-0.2, -0.15) is 0 Å². The van der Waals surface area contributed by atoms with E-state index in [-0.39, 0.29) is 11.7 Å². The fraction of sp³-hybridized carbons (Fsp3) is 0.643. The lowest BCUT2D eigenvalue weighted by Crippen LogP contribution is -2.43. The molecule has 1 heterocycles. The lowest BCUT2D eigenvalue weighted by Gasteiger charge is -2.27. The molecule has 19 heavy (non-hydrogen) atoms. The minimum atomic E-state index is -0.210. The van der Waals surface area contributed by atoms with Crippen LogP contribution in [-0.4, -0.2) is 44.1 Å². The Labute approximate surface area is 114 Å². The van der Waals surface area contributed by atoms with E-state index in [9.17, 15) is 4.79 Å². The fourth-order valence-corrected chi connectivity index (χ4v) is 1.96. The van der Waals surface area contributed by atoms with E-state index < -0.39 is 0 Å². The second-order valence-corrected chi connectivity index (χ2v) is 5.04. The van der Waals surface area contributed by atoms with Crippen LogP contribution in [0, 0.1) is 5.92 Å². The second kappa shape index (κ2) is 7.19. The van der Waals surface area contributed by atoms with Gasteiger partial charge in [0.2, 0.25) is 0 Å². The van der Waals surface area contributed by atoms with Gasteiger partial charge in [0.1, 0.15) is 0 Å². The Balaban J connectivity index is 2.54. The van der Waals surface area contributed by atoms with E-state index in [1.807, 2.05) is 21.0 Å². The molecule has 108 valence electrons. The summed E-state index contributed by atoms with van der Waals surface area (Å²) in [7, 11) is 4.02. The molecular formula is C14H24N2O3. The van der Waals surface area contributed by atoms with Gasteiger partial charge in [0, 0.05) is 18.7 Å². The van der Waals surface area contributed by atoms with Crippen LogP contribution in [0.25, 0.3) is 0 Å². The molecule has 0 aliphatic rings. The Morgan fingerprint density at radius 3 is 2.63 bits per heavy atom. The molecule has 0 aliphatic carbocycles. The zero-order valence-electron chi connectivity index (χ0n) is 12.4. The van der Waals surface area contributed by atoms with E-state index in [1.165, 1.54) is 0 Å². The number of likely N-dealkylation sites (N-methyl/N-ethyl adjacent to an activating group) is 1. The number of amides is 1. The van der Waals surface area contributed by atoms with Crippen LogP contribution >= 0.6 is 0 Å². The van der Waals surface area contributed by atoms with Crippen LogP contribution in [0.5, 0.6) is 5.95 Å². The van der Waals surface area contributed by atoms with Crippen molar-refractivity contribution in [3.8, 4) is 5.95 Å². The van der Waals surface area contributed by atoms with Crippen molar-refractivity contribution in [2.45, 2.75) is 26.8 Å². The van der Waals surface area contributed by atoms with Crippen LogP contribution in [0.15, 0.2) is 16.5 Å². The van der Waals surface area contributed by atoms with Gasteiger partial charge in [0.05, 0.1) is 6.61 Å².